The van der Waals surface area contributed by atoms with Crippen molar-refractivity contribution in [3.63, 3.8) is 0 Å². The van der Waals surface area contributed by atoms with Gasteiger partial charge in [-0.25, -0.2) is 4.79 Å². The van der Waals surface area contributed by atoms with Gasteiger partial charge < -0.3 is 19.4 Å². The van der Waals surface area contributed by atoms with Gasteiger partial charge >= 0.3 is 5.97 Å². The molecule has 88 valence electrons. The van der Waals surface area contributed by atoms with Crippen molar-refractivity contribution in [2.45, 2.75) is 25.7 Å². The lowest BCUT2D eigenvalue weighted by molar-refractivity contribution is -0.153. The molecule has 0 radical (unpaired) electrons. The molecule has 7 heteroatoms. The maximum atomic E-state index is 11.1. The van der Waals surface area contributed by atoms with Crippen LogP contribution in [0.4, 0.5) is 0 Å². The minimum atomic E-state index is -0.988. The van der Waals surface area contributed by atoms with Gasteiger partial charge in [0.05, 0.1) is 6.61 Å². The van der Waals surface area contributed by atoms with Gasteiger partial charge in [-0.2, -0.15) is 5.26 Å². The number of esters is 1. The number of hydrogen-bond acceptors (Lipinski definition) is 7. The molecule has 1 unspecified atom stereocenters. The molecule has 7 nitrogen and oxygen atoms in total. The fourth-order valence-corrected chi connectivity index (χ4v) is 1.19. The molecule has 0 amide bonds. The number of rotatable bonds is 3. The van der Waals surface area contributed by atoms with E-state index < -0.39 is 17.5 Å². The van der Waals surface area contributed by atoms with E-state index in [0.717, 1.165) is 0 Å². The van der Waals surface area contributed by atoms with E-state index in [1.807, 2.05) is 0 Å². The van der Waals surface area contributed by atoms with Crippen LogP contribution >= 0.6 is 0 Å². The molecule has 0 spiro atoms. The van der Waals surface area contributed by atoms with E-state index in [0.29, 0.717) is 6.61 Å². The molecular formula is C9H12N2O5. The van der Waals surface area contributed by atoms with Crippen molar-refractivity contribution in [2.24, 2.45) is 5.16 Å². The van der Waals surface area contributed by atoms with Crippen LogP contribution in [0, 0.1) is 11.3 Å². The molecule has 0 aromatic heterocycles. The van der Waals surface area contributed by atoms with Crippen LogP contribution in [-0.2, 0) is 19.0 Å². The van der Waals surface area contributed by atoms with Gasteiger partial charge in [0.1, 0.15) is 18.8 Å². The van der Waals surface area contributed by atoms with Gasteiger partial charge in [-0.1, -0.05) is 5.16 Å². The Labute approximate surface area is 92.2 Å². The van der Waals surface area contributed by atoms with Gasteiger partial charge in [0.25, 0.3) is 5.71 Å². The molecule has 1 atom stereocenters. The minimum Gasteiger partial charge on any atom is -0.457 e. The number of carbonyl (C=O) groups is 1. The Hall–Kier alpha value is -1.65. The molecule has 1 N–H and O–H groups in total. The second-order valence-corrected chi connectivity index (χ2v) is 3.61. The maximum Gasteiger partial charge on any atom is 0.371 e. The van der Waals surface area contributed by atoms with Crippen molar-refractivity contribution in [1.82, 2.24) is 0 Å². The Morgan fingerprint density at radius 1 is 1.75 bits per heavy atom. The highest BCUT2D eigenvalue weighted by molar-refractivity contribution is 6.42. The lowest BCUT2D eigenvalue weighted by Crippen LogP contribution is -2.27. The highest BCUT2D eigenvalue weighted by atomic mass is 16.7. The van der Waals surface area contributed by atoms with E-state index in [2.05, 4.69) is 5.16 Å². The number of hydrogen-bond donors (Lipinski definition) is 1. The summed E-state index contributed by atoms with van der Waals surface area (Å²) in [6.07, 6.45) is -0.377. The third-order valence-electron chi connectivity index (χ3n) is 1.87. The monoisotopic (exact) mass is 228 g/mol. The van der Waals surface area contributed by atoms with Crippen LogP contribution in [0.1, 0.15) is 13.8 Å². The first-order chi connectivity index (χ1) is 7.48. The van der Waals surface area contributed by atoms with Crippen molar-refractivity contribution in [3.8, 4) is 6.07 Å². The molecule has 1 aliphatic heterocycles. The lowest BCUT2D eigenvalue weighted by Gasteiger charge is -2.16. The summed E-state index contributed by atoms with van der Waals surface area (Å²) < 4.78 is 15.3. The van der Waals surface area contributed by atoms with Crippen molar-refractivity contribution in [1.29, 1.82) is 5.26 Å². The average molecular weight is 228 g/mol. The van der Waals surface area contributed by atoms with Gasteiger partial charge in [0.2, 0.25) is 0 Å². The SMILES string of the molecule is CC1(C)OCC(COC(=O)C(C#N)=NO)O1. The molecule has 16 heavy (non-hydrogen) atoms. The van der Waals surface area contributed by atoms with E-state index in [-0.39, 0.29) is 12.7 Å². The highest BCUT2D eigenvalue weighted by Crippen LogP contribution is 2.22. The van der Waals surface area contributed by atoms with Crippen LogP contribution in [0.25, 0.3) is 0 Å². The van der Waals surface area contributed by atoms with E-state index in [1.165, 1.54) is 6.07 Å². The van der Waals surface area contributed by atoms with Gasteiger partial charge in [-0.3, -0.25) is 0 Å². The quantitative estimate of drug-likeness (QED) is 0.316. The van der Waals surface area contributed by atoms with E-state index >= 15 is 0 Å². The first-order valence-corrected chi connectivity index (χ1v) is 4.59. The molecule has 1 aliphatic rings. The third-order valence-corrected chi connectivity index (χ3v) is 1.87. The summed E-state index contributed by atoms with van der Waals surface area (Å²) in [6, 6.07) is 1.40. The van der Waals surface area contributed by atoms with Crippen LogP contribution in [-0.4, -0.2) is 42.0 Å². The fraction of sp³-hybridized carbons (Fsp3) is 0.667. The van der Waals surface area contributed by atoms with Gasteiger partial charge in [-0.05, 0) is 13.8 Å². The second-order valence-electron chi connectivity index (χ2n) is 3.61. The summed E-state index contributed by atoms with van der Waals surface area (Å²) >= 11 is 0. The molecule has 1 rings (SSSR count). The number of ether oxygens (including phenoxy) is 3. The van der Waals surface area contributed by atoms with Crippen LogP contribution in [0.5, 0.6) is 0 Å². The fourth-order valence-electron chi connectivity index (χ4n) is 1.19. The van der Waals surface area contributed by atoms with Crippen molar-refractivity contribution in [2.75, 3.05) is 13.2 Å². The molecule has 0 saturated carbocycles. The van der Waals surface area contributed by atoms with Gasteiger partial charge in [0.15, 0.2) is 5.79 Å². The van der Waals surface area contributed by atoms with Gasteiger partial charge in [-0.15, -0.1) is 0 Å². The Balaban J connectivity index is 2.37. The van der Waals surface area contributed by atoms with Crippen LogP contribution in [0.15, 0.2) is 5.16 Å². The smallest absolute Gasteiger partial charge is 0.371 e. The molecular weight excluding hydrogens is 216 g/mol. The molecule has 0 aromatic rings. The predicted molar refractivity (Wildman–Crippen MR) is 50.7 cm³/mol. The molecule has 0 aliphatic carbocycles. The Kier molecular flexibility index (Phi) is 3.82. The summed E-state index contributed by atoms with van der Waals surface area (Å²) in [6.45, 7) is 3.73. The van der Waals surface area contributed by atoms with E-state index in [9.17, 15) is 4.79 Å². The summed E-state index contributed by atoms with van der Waals surface area (Å²) in [5, 5.41) is 19.1. The Bertz CT molecular complexity index is 344. The number of nitriles is 1. The average Bonchev–Trinajstić information content (AvgIpc) is 2.57. The highest BCUT2D eigenvalue weighted by Gasteiger charge is 2.33. The molecule has 1 fully saturated rings. The molecule has 0 aromatic carbocycles. The second kappa shape index (κ2) is 4.92. The van der Waals surface area contributed by atoms with Crippen molar-refractivity contribution in [3.05, 3.63) is 0 Å². The Morgan fingerprint density at radius 2 is 2.44 bits per heavy atom. The number of nitrogens with zero attached hydrogens (tertiary/aromatic N) is 2. The molecule has 1 heterocycles. The normalized spacial score (nSPS) is 23.8. The lowest BCUT2D eigenvalue weighted by atomic mass is 10.4. The summed E-state index contributed by atoms with van der Waals surface area (Å²) in [5.74, 6) is -1.68. The molecule has 0 bridgehead atoms. The first-order valence-electron chi connectivity index (χ1n) is 4.59. The zero-order valence-corrected chi connectivity index (χ0v) is 8.97. The molecule has 1 saturated heterocycles. The zero-order valence-electron chi connectivity index (χ0n) is 8.97. The summed E-state index contributed by atoms with van der Waals surface area (Å²) in [7, 11) is 0. The van der Waals surface area contributed by atoms with Crippen LogP contribution in [0.2, 0.25) is 0 Å². The van der Waals surface area contributed by atoms with Crippen molar-refractivity contribution < 1.29 is 24.2 Å². The van der Waals surface area contributed by atoms with Crippen molar-refractivity contribution >= 4 is 11.7 Å². The topological polar surface area (TPSA) is 101 Å². The van der Waals surface area contributed by atoms with Crippen LogP contribution in [0.3, 0.4) is 0 Å². The van der Waals surface area contributed by atoms with E-state index in [4.69, 9.17) is 24.7 Å². The summed E-state index contributed by atoms with van der Waals surface area (Å²) in [4.78, 5) is 11.1. The standard InChI is InChI=1S/C9H12N2O5/c1-9(2)15-5-6(16-9)4-14-8(12)7(3-10)11-13/h6,13H,4-5H2,1-2H3. The number of oxime groups is 1. The first kappa shape index (κ1) is 12.4. The zero-order chi connectivity index (χ0) is 12.2. The van der Waals surface area contributed by atoms with Crippen LogP contribution < -0.4 is 0 Å². The minimum absolute atomic E-state index is 0.0526. The Morgan fingerprint density at radius 3 is 2.88 bits per heavy atom. The maximum absolute atomic E-state index is 11.1. The largest absolute Gasteiger partial charge is 0.457 e. The summed E-state index contributed by atoms with van der Waals surface area (Å²) in [5.41, 5.74) is -0.696. The van der Waals surface area contributed by atoms with E-state index in [1.54, 1.807) is 13.8 Å². The number of carbonyl (C=O) groups excluding carboxylic acids is 1. The third kappa shape index (κ3) is 3.18. The predicted octanol–water partition coefficient (Wildman–Crippen LogP) is 0.0349. The van der Waals surface area contributed by atoms with Gasteiger partial charge in [0, 0.05) is 0 Å².